The Morgan fingerprint density at radius 3 is 2.18 bits per heavy atom. The van der Waals surface area contributed by atoms with Crippen LogP contribution < -0.4 is 9.47 Å². The maximum Gasteiger partial charge on any atom is 0.165 e. The van der Waals surface area contributed by atoms with E-state index in [1.807, 2.05) is 71.3 Å². The number of pyridine rings is 1. The second kappa shape index (κ2) is 7.74. The molecule has 0 atom stereocenters. The topological polar surface area (TPSA) is 48.1 Å². The summed E-state index contributed by atoms with van der Waals surface area (Å²) in [6, 6.07) is 19.1. The van der Waals surface area contributed by atoms with Crippen LogP contribution >= 0.6 is 11.6 Å². The van der Waals surface area contributed by atoms with E-state index in [2.05, 4.69) is 0 Å². The molecule has 28 heavy (non-hydrogen) atoms. The Morgan fingerprint density at radius 1 is 0.893 bits per heavy atom. The van der Waals surface area contributed by atoms with Crippen molar-refractivity contribution in [3.63, 3.8) is 0 Å². The predicted octanol–water partition coefficient (Wildman–Crippen LogP) is 5.42. The van der Waals surface area contributed by atoms with Gasteiger partial charge in [0.1, 0.15) is 22.8 Å². The number of fused-ring (bicyclic) bond motifs is 1. The maximum absolute atomic E-state index is 6.21. The fourth-order valence-corrected chi connectivity index (χ4v) is 3.06. The summed E-state index contributed by atoms with van der Waals surface area (Å²) in [5.74, 6) is 2.30. The lowest BCUT2D eigenvalue weighted by Gasteiger charge is -2.03. The molecule has 2 aromatic carbocycles. The zero-order valence-electron chi connectivity index (χ0n) is 15.5. The van der Waals surface area contributed by atoms with Crippen LogP contribution in [0.1, 0.15) is 5.56 Å². The first-order chi connectivity index (χ1) is 13.7. The molecule has 0 saturated heterocycles. The Morgan fingerprint density at radius 2 is 1.54 bits per heavy atom. The van der Waals surface area contributed by atoms with E-state index in [1.165, 1.54) is 0 Å². The number of benzene rings is 2. The van der Waals surface area contributed by atoms with Crippen molar-refractivity contribution in [2.45, 2.75) is 0 Å². The van der Waals surface area contributed by atoms with Crippen molar-refractivity contribution < 1.29 is 9.47 Å². The van der Waals surface area contributed by atoms with Crippen LogP contribution in [0.5, 0.6) is 11.5 Å². The third-order valence-corrected chi connectivity index (χ3v) is 4.60. The van der Waals surface area contributed by atoms with Crippen molar-refractivity contribution in [3.8, 4) is 22.8 Å². The normalized spacial score (nSPS) is 11.2. The van der Waals surface area contributed by atoms with Gasteiger partial charge in [-0.25, -0.2) is 9.98 Å². The Bertz CT molecular complexity index is 1130. The molecule has 6 heteroatoms. The van der Waals surface area contributed by atoms with Crippen molar-refractivity contribution in [1.82, 2.24) is 9.38 Å². The largest absolute Gasteiger partial charge is 0.497 e. The van der Waals surface area contributed by atoms with Crippen molar-refractivity contribution >= 4 is 29.3 Å². The number of halogens is 1. The molecule has 5 nitrogen and oxygen atoms in total. The SMILES string of the molecule is COc1ccc(C=Nc2c(-c3ccc(OC)cc3)nc3ccc(Cl)cn23)cc1. The highest BCUT2D eigenvalue weighted by atomic mass is 35.5. The van der Waals surface area contributed by atoms with Crippen LogP contribution in [-0.2, 0) is 0 Å². The Labute approximate surface area is 167 Å². The molecule has 0 radical (unpaired) electrons. The molecule has 140 valence electrons. The smallest absolute Gasteiger partial charge is 0.165 e. The summed E-state index contributed by atoms with van der Waals surface area (Å²) in [5, 5.41) is 0.618. The minimum absolute atomic E-state index is 0.618. The standard InChI is InChI=1S/C22H18ClN3O2/c1-27-18-8-3-15(4-9-18)13-24-22-21(16-5-10-19(28-2)11-6-16)25-20-12-7-17(23)14-26(20)22/h3-14H,1-2H3. The number of imidazole rings is 1. The van der Waals surface area contributed by atoms with E-state index in [0.29, 0.717) is 10.8 Å². The van der Waals surface area contributed by atoms with E-state index < -0.39 is 0 Å². The molecule has 2 aromatic heterocycles. The minimum atomic E-state index is 0.618. The van der Waals surface area contributed by atoms with Crippen molar-refractivity contribution in [1.29, 1.82) is 0 Å². The number of hydrogen-bond donors (Lipinski definition) is 0. The number of methoxy groups -OCH3 is 2. The number of aromatic nitrogens is 2. The van der Waals surface area contributed by atoms with Crippen LogP contribution in [0.4, 0.5) is 5.82 Å². The first-order valence-corrected chi connectivity index (χ1v) is 9.06. The van der Waals surface area contributed by atoms with E-state index in [9.17, 15) is 0 Å². The molecule has 0 aliphatic heterocycles. The molecular weight excluding hydrogens is 374 g/mol. The van der Waals surface area contributed by atoms with Gasteiger partial charge in [-0.2, -0.15) is 0 Å². The summed E-state index contributed by atoms with van der Waals surface area (Å²) < 4.78 is 12.3. The number of hydrogen-bond acceptors (Lipinski definition) is 4. The average Bonchev–Trinajstić information content (AvgIpc) is 3.10. The maximum atomic E-state index is 6.21. The van der Waals surface area contributed by atoms with Crippen LogP contribution in [0.15, 0.2) is 71.9 Å². The van der Waals surface area contributed by atoms with Gasteiger partial charge in [0, 0.05) is 18.0 Å². The van der Waals surface area contributed by atoms with E-state index >= 15 is 0 Å². The van der Waals surface area contributed by atoms with Gasteiger partial charge in [-0.3, -0.25) is 4.40 Å². The van der Waals surface area contributed by atoms with Crippen molar-refractivity contribution in [2.75, 3.05) is 14.2 Å². The van der Waals surface area contributed by atoms with Crippen molar-refractivity contribution in [3.05, 3.63) is 77.4 Å². The van der Waals surface area contributed by atoms with Gasteiger partial charge in [0.25, 0.3) is 0 Å². The highest BCUT2D eigenvalue weighted by Gasteiger charge is 2.14. The van der Waals surface area contributed by atoms with E-state index in [1.54, 1.807) is 20.4 Å². The summed E-state index contributed by atoms with van der Waals surface area (Å²) in [4.78, 5) is 9.47. The molecule has 2 heterocycles. The second-order valence-corrected chi connectivity index (χ2v) is 6.56. The molecule has 4 rings (SSSR count). The molecule has 0 N–H and O–H groups in total. The van der Waals surface area contributed by atoms with Crippen molar-refractivity contribution in [2.24, 2.45) is 4.99 Å². The minimum Gasteiger partial charge on any atom is -0.497 e. The molecule has 0 unspecified atom stereocenters. The first kappa shape index (κ1) is 18.1. The first-order valence-electron chi connectivity index (χ1n) is 8.68. The molecule has 0 aliphatic carbocycles. The zero-order chi connectivity index (χ0) is 19.5. The molecule has 4 aromatic rings. The van der Waals surface area contributed by atoms with Gasteiger partial charge < -0.3 is 9.47 Å². The second-order valence-electron chi connectivity index (χ2n) is 6.12. The number of nitrogens with zero attached hydrogens (tertiary/aromatic N) is 3. The lowest BCUT2D eigenvalue weighted by Crippen LogP contribution is -1.87. The van der Waals surface area contributed by atoms with Gasteiger partial charge in [0.15, 0.2) is 5.82 Å². The van der Waals surface area contributed by atoms with Crippen LogP contribution in [0.25, 0.3) is 16.9 Å². The fourth-order valence-electron chi connectivity index (χ4n) is 2.90. The highest BCUT2D eigenvalue weighted by molar-refractivity contribution is 6.30. The van der Waals surface area contributed by atoms with Gasteiger partial charge in [0.2, 0.25) is 0 Å². The molecular formula is C22H18ClN3O2. The zero-order valence-corrected chi connectivity index (χ0v) is 16.2. The monoisotopic (exact) mass is 391 g/mol. The lowest BCUT2D eigenvalue weighted by molar-refractivity contribution is 0.414. The Balaban J connectivity index is 1.81. The average molecular weight is 392 g/mol. The van der Waals surface area contributed by atoms with E-state index in [4.69, 9.17) is 31.1 Å². The third kappa shape index (κ3) is 3.57. The summed E-state index contributed by atoms with van der Waals surface area (Å²) in [6.07, 6.45) is 3.62. The van der Waals surface area contributed by atoms with Crippen LogP contribution in [0.3, 0.4) is 0 Å². The summed E-state index contributed by atoms with van der Waals surface area (Å²) in [5.41, 5.74) is 3.45. The van der Waals surface area contributed by atoms with E-state index in [0.717, 1.165) is 34.0 Å². The highest BCUT2D eigenvalue weighted by Crippen LogP contribution is 2.32. The van der Waals surface area contributed by atoms with Gasteiger partial charge >= 0.3 is 0 Å². The van der Waals surface area contributed by atoms with Crippen LogP contribution in [0, 0.1) is 0 Å². The number of rotatable bonds is 5. The molecule has 0 saturated carbocycles. The Kier molecular flexibility index (Phi) is 5.00. The summed E-state index contributed by atoms with van der Waals surface area (Å²) in [7, 11) is 3.29. The van der Waals surface area contributed by atoms with Gasteiger partial charge in [-0.05, 0) is 66.2 Å². The molecule has 0 amide bonds. The summed E-state index contributed by atoms with van der Waals surface area (Å²) in [6.45, 7) is 0. The number of aliphatic imine (C=N–C) groups is 1. The van der Waals surface area contributed by atoms with Gasteiger partial charge in [-0.1, -0.05) is 11.6 Å². The van der Waals surface area contributed by atoms with E-state index in [-0.39, 0.29) is 0 Å². The molecule has 0 fully saturated rings. The Hall–Kier alpha value is -3.31. The molecule has 0 aliphatic rings. The quantitative estimate of drug-likeness (QED) is 0.426. The van der Waals surface area contributed by atoms with Gasteiger partial charge in [-0.15, -0.1) is 0 Å². The van der Waals surface area contributed by atoms with Crippen LogP contribution in [0.2, 0.25) is 5.02 Å². The molecule has 0 spiro atoms. The lowest BCUT2D eigenvalue weighted by atomic mass is 10.1. The number of ether oxygens (including phenoxy) is 2. The summed E-state index contributed by atoms with van der Waals surface area (Å²) >= 11 is 6.21. The predicted molar refractivity (Wildman–Crippen MR) is 112 cm³/mol. The van der Waals surface area contributed by atoms with Crippen LogP contribution in [-0.4, -0.2) is 29.8 Å². The molecule has 0 bridgehead atoms. The van der Waals surface area contributed by atoms with Gasteiger partial charge in [0.05, 0.1) is 19.2 Å². The third-order valence-electron chi connectivity index (χ3n) is 4.37. The fraction of sp³-hybridized carbons (Fsp3) is 0.0909.